The number of hydrogen-bond donors (Lipinski definition) is 3. The summed E-state index contributed by atoms with van der Waals surface area (Å²) < 4.78 is 0. The first-order chi connectivity index (χ1) is 8.61. The van der Waals surface area contributed by atoms with E-state index >= 15 is 0 Å². The maximum atomic E-state index is 12.2. The van der Waals surface area contributed by atoms with Crippen molar-refractivity contribution in [3.63, 3.8) is 0 Å². The lowest BCUT2D eigenvalue weighted by Gasteiger charge is -2.31. The second-order valence-electron chi connectivity index (χ2n) is 4.69. The molecule has 4 N–H and O–H groups in total. The number of benzene rings is 1. The number of rotatable bonds is 2. The van der Waals surface area contributed by atoms with Crippen LogP contribution >= 0.6 is 0 Å². The highest BCUT2D eigenvalue weighted by molar-refractivity contribution is 5.95. The fourth-order valence-corrected chi connectivity index (χ4v) is 2.18. The van der Waals surface area contributed by atoms with Gasteiger partial charge in [0.2, 0.25) is 0 Å². The van der Waals surface area contributed by atoms with Crippen LogP contribution in [0.15, 0.2) is 18.2 Å². The first-order valence-electron chi connectivity index (χ1n) is 6.10. The van der Waals surface area contributed by atoms with Crippen LogP contribution in [0.2, 0.25) is 0 Å². The second-order valence-corrected chi connectivity index (χ2v) is 4.69. The van der Waals surface area contributed by atoms with Crippen molar-refractivity contribution in [3.8, 4) is 5.75 Å². The fourth-order valence-electron chi connectivity index (χ4n) is 2.18. The maximum absolute atomic E-state index is 12.2. The Balaban J connectivity index is 2.05. The number of likely N-dealkylation sites (tertiary alicyclic amines) is 1. The number of nitrogen functional groups attached to an aromatic ring is 1. The minimum absolute atomic E-state index is 0.0638. The topological polar surface area (TPSA) is 86.8 Å². The Morgan fingerprint density at radius 3 is 2.61 bits per heavy atom. The van der Waals surface area contributed by atoms with Gasteiger partial charge >= 0.3 is 0 Å². The maximum Gasteiger partial charge on any atom is 0.253 e. The van der Waals surface area contributed by atoms with Gasteiger partial charge in [0, 0.05) is 25.3 Å². The number of carbonyl (C=O) groups excluding carboxylic acids is 1. The van der Waals surface area contributed by atoms with E-state index < -0.39 is 0 Å². The van der Waals surface area contributed by atoms with Crippen LogP contribution in [0.25, 0.3) is 0 Å². The zero-order valence-corrected chi connectivity index (χ0v) is 10.2. The molecular formula is C13H18N2O3. The van der Waals surface area contributed by atoms with Gasteiger partial charge in [0.15, 0.2) is 0 Å². The van der Waals surface area contributed by atoms with E-state index in [1.54, 1.807) is 11.0 Å². The molecule has 0 aromatic heterocycles. The molecule has 1 aliphatic rings. The van der Waals surface area contributed by atoms with E-state index in [0.29, 0.717) is 24.6 Å². The SMILES string of the molecule is Nc1ccc(C(=O)N2CCC(CO)CC2)cc1O. The van der Waals surface area contributed by atoms with Gasteiger partial charge in [0.25, 0.3) is 5.91 Å². The highest BCUT2D eigenvalue weighted by Gasteiger charge is 2.23. The Kier molecular flexibility index (Phi) is 3.72. The number of phenols is 1. The molecule has 1 aliphatic heterocycles. The number of aliphatic hydroxyl groups excluding tert-OH is 1. The summed E-state index contributed by atoms with van der Waals surface area (Å²) in [6, 6.07) is 4.55. The molecule has 2 rings (SSSR count). The molecule has 1 aromatic carbocycles. The van der Waals surface area contributed by atoms with E-state index in [2.05, 4.69) is 0 Å². The molecule has 0 saturated carbocycles. The van der Waals surface area contributed by atoms with Gasteiger partial charge in [0.05, 0.1) is 5.69 Å². The first kappa shape index (κ1) is 12.7. The standard InChI is InChI=1S/C13H18N2O3/c14-11-2-1-10(7-12(11)17)13(18)15-5-3-9(8-16)4-6-15/h1-2,7,9,16-17H,3-6,8,14H2. The molecule has 0 bridgehead atoms. The number of nitrogens with two attached hydrogens (primary N) is 1. The molecule has 1 amide bonds. The van der Waals surface area contributed by atoms with Crippen LogP contribution in [0.5, 0.6) is 5.75 Å². The van der Waals surface area contributed by atoms with Gasteiger partial charge in [-0.15, -0.1) is 0 Å². The summed E-state index contributed by atoms with van der Waals surface area (Å²) in [4.78, 5) is 13.9. The Bertz CT molecular complexity index is 440. The van der Waals surface area contributed by atoms with Crippen molar-refractivity contribution in [2.24, 2.45) is 5.92 Å². The normalized spacial score (nSPS) is 16.8. The summed E-state index contributed by atoms with van der Waals surface area (Å²) in [6.45, 7) is 1.48. The fraction of sp³-hybridized carbons (Fsp3) is 0.462. The number of aromatic hydroxyl groups is 1. The molecule has 1 heterocycles. The quantitative estimate of drug-likeness (QED) is 0.535. The van der Waals surface area contributed by atoms with Crippen molar-refractivity contribution in [1.82, 2.24) is 4.90 Å². The minimum atomic E-state index is -0.0957. The zero-order valence-electron chi connectivity index (χ0n) is 10.2. The number of nitrogens with zero attached hydrogens (tertiary/aromatic N) is 1. The molecular weight excluding hydrogens is 232 g/mol. The molecule has 5 nitrogen and oxygen atoms in total. The van der Waals surface area contributed by atoms with E-state index in [1.165, 1.54) is 12.1 Å². The van der Waals surface area contributed by atoms with Crippen molar-refractivity contribution < 1.29 is 15.0 Å². The third-order valence-corrected chi connectivity index (χ3v) is 3.44. The largest absolute Gasteiger partial charge is 0.506 e. The lowest BCUT2D eigenvalue weighted by molar-refractivity contribution is 0.0650. The first-order valence-corrected chi connectivity index (χ1v) is 6.10. The molecule has 5 heteroatoms. The molecule has 1 saturated heterocycles. The average Bonchev–Trinajstić information content (AvgIpc) is 2.41. The third kappa shape index (κ3) is 2.56. The highest BCUT2D eigenvalue weighted by Crippen LogP contribution is 2.23. The lowest BCUT2D eigenvalue weighted by atomic mass is 9.97. The summed E-state index contributed by atoms with van der Waals surface area (Å²) in [6.07, 6.45) is 1.65. The van der Waals surface area contributed by atoms with Gasteiger partial charge < -0.3 is 20.8 Å². The van der Waals surface area contributed by atoms with Crippen LogP contribution in [0.3, 0.4) is 0 Å². The van der Waals surface area contributed by atoms with Crippen LogP contribution in [-0.4, -0.2) is 40.7 Å². The molecule has 0 aliphatic carbocycles. The molecule has 1 aromatic rings. The minimum Gasteiger partial charge on any atom is -0.506 e. The van der Waals surface area contributed by atoms with E-state index in [-0.39, 0.29) is 24.0 Å². The highest BCUT2D eigenvalue weighted by atomic mass is 16.3. The lowest BCUT2D eigenvalue weighted by Crippen LogP contribution is -2.39. The third-order valence-electron chi connectivity index (χ3n) is 3.44. The van der Waals surface area contributed by atoms with Crippen molar-refractivity contribution in [3.05, 3.63) is 23.8 Å². The summed E-state index contributed by atoms with van der Waals surface area (Å²) in [5.74, 6) is 0.140. The Morgan fingerprint density at radius 2 is 2.06 bits per heavy atom. The Labute approximate surface area is 106 Å². The number of anilines is 1. The monoisotopic (exact) mass is 250 g/mol. The van der Waals surface area contributed by atoms with Gasteiger partial charge in [-0.3, -0.25) is 4.79 Å². The molecule has 98 valence electrons. The van der Waals surface area contributed by atoms with Gasteiger partial charge in [-0.25, -0.2) is 0 Å². The average molecular weight is 250 g/mol. The second kappa shape index (κ2) is 5.27. The van der Waals surface area contributed by atoms with Gasteiger partial charge in [-0.1, -0.05) is 0 Å². The molecule has 18 heavy (non-hydrogen) atoms. The molecule has 0 unspecified atom stereocenters. The number of phenolic OH excluding ortho intramolecular Hbond substituents is 1. The van der Waals surface area contributed by atoms with Crippen LogP contribution in [-0.2, 0) is 0 Å². The summed E-state index contributed by atoms with van der Waals surface area (Å²) in [7, 11) is 0. The van der Waals surface area contributed by atoms with Gasteiger partial charge in [-0.05, 0) is 37.0 Å². The van der Waals surface area contributed by atoms with E-state index in [4.69, 9.17) is 10.8 Å². The van der Waals surface area contributed by atoms with E-state index in [0.717, 1.165) is 12.8 Å². The van der Waals surface area contributed by atoms with Crippen molar-refractivity contribution >= 4 is 11.6 Å². The Hall–Kier alpha value is -1.75. The van der Waals surface area contributed by atoms with Crippen LogP contribution in [0, 0.1) is 5.92 Å². The van der Waals surface area contributed by atoms with Crippen LogP contribution < -0.4 is 5.73 Å². The summed E-state index contributed by atoms with van der Waals surface area (Å²) in [5.41, 5.74) is 6.22. The van der Waals surface area contributed by atoms with Gasteiger partial charge in [-0.2, -0.15) is 0 Å². The predicted molar refractivity (Wildman–Crippen MR) is 68.2 cm³/mol. The van der Waals surface area contributed by atoms with E-state index in [9.17, 15) is 9.90 Å². The Morgan fingerprint density at radius 1 is 1.39 bits per heavy atom. The molecule has 0 radical (unpaired) electrons. The zero-order chi connectivity index (χ0) is 13.1. The summed E-state index contributed by atoms with van der Waals surface area (Å²) in [5, 5.41) is 18.5. The molecule has 0 atom stereocenters. The van der Waals surface area contributed by atoms with Crippen molar-refractivity contribution in [2.75, 3.05) is 25.4 Å². The number of amides is 1. The number of piperidine rings is 1. The van der Waals surface area contributed by atoms with Crippen LogP contribution in [0.4, 0.5) is 5.69 Å². The van der Waals surface area contributed by atoms with Crippen molar-refractivity contribution in [1.29, 1.82) is 0 Å². The van der Waals surface area contributed by atoms with Gasteiger partial charge in [0.1, 0.15) is 5.75 Å². The van der Waals surface area contributed by atoms with Crippen LogP contribution in [0.1, 0.15) is 23.2 Å². The van der Waals surface area contributed by atoms with Crippen molar-refractivity contribution in [2.45, 2.75) is 12.8 Å². The predicted octanol–water partition coefficient (Wildman–Crippen LogP) is 0.819. The van der Waals surface area contributed by atoms with E-state index in [1.807, 2.05) is 0 Å². The number of hydrogen-bond acceptors (Lipinski definition) is 4. The summed E-state index contributed by atoms with van der Waals surface area (Å²) >= 11 is 0. The molecule has 0 spiro atoms. The smallest absolute Gasteiger partial charge is 0.253 e. The number of aliphatic hydroxyl groups is 1. The molecule has 1 fully saturated rings. The number of carbonyl (C=O) groups is 1.